The molecular weight excluding hydrogens is 320 g/mol. The van der Waals surface area contributed by atoms with E-state index in [0.717, 1.165) is 44.0 Å². The molecule has 1 fully saturated rings. The number of nitro benzene ring substituents is 1. The number of hydrogen-bond acceptors (Lipinski definition) is 6. The van der Waals surface area contributed by atoms with Gasteiger partial charge in [-0.3, -0.25) is 10.1 Å². The van der Waals surface area contributed by atoms with Crippen LogP contribution in [0.2, 0.25) is 0 Å². The summed E-state index contributed by atoms with van der Waals surface area (Å²) in [5.74, 6) is 1.38. The minimum Gasteiger partial charge on any atom is -0.378 e. The van der Waals surface area contributed by atoms with Crippen molar-refractivity contribution in [2.75, 3.05) is 24.6 Å². The van der Waals surface area contributed by atoms with E-state index in [9.17, 15) is 10.1 Å². The van der Waals surface area contributed by atoms with Crippen molar-refractivity contribution in [1.29, 1.82) is 0 Å². The standard InChI is InChI=1S/C18H22N4O3/c1-3-25-16-7-9-21(10-8-16)17-11-13(2)19-18(20-17)14-5-4-6-15(12-14)22(23)24/h4-6,11-12,16H,3,7-10H2,1-2H3. The van der Waals surface area contributed by atoms with Gasteiger partial charge in [0.15, 0.2) is 5.82 Å². The van der Waals surface area contributed by atoms with Gasteiger partial charge >= 0.3 is 0 Å². The minimum atomic E-state index is -0.404. The van der Waals surface area contributed by atoms with Gasteiger partial charge in [-0.15, -0.1) is 0 Å². The molecule has 1 aliphatic rings. The van der Waals surface area contributed by atoms with E-state index in [1.54, 1.807) is 12.1 Å². The maximum atomic E-state index is 11.0. The molecule has 2 heterocycles. The zero-order chi connectivity index (χ0) is 17.8. The number of ether oxygens (including phenoxy) is 1. The predicted molar refractivity (Wildman–Crippen MR) is 95.7 cm³/mol. The van der Waals surface area contributed by atoms with Crippen molar-refractivity contribution in [2.45, 2.75) is 32.8 Å². The molecule has 0 spiro atoms. The number of aryl methyl sites for hydroxylation is 1. The molecule has 0 bridgehead atoms. The fraction of sp³-hybridized carbons (Fsp3) is 0.444. The van der Waals surface area contributed by atoms with Crippen LogP contribution in [0.25, 0.3) is 11.4 Å². The Morgan fingerprint density at radius 1 is 1.28 bits per heavy atom. The molecule has 3 rings (SSSR count). The van der Waals surface area contributed by atoms with Crippen LogP contribution in [0.5, 0.6) is 0 Å². The summed E-state index contributed by atoms with van der Waals surface area (Å²) in [6.07, 6.45) is 2.27. The third kappa shape index (κ3) is 4.11. The van der Waals surface area contributed by atoms with Crippen LogP contribution >= 0.6 is 0 Å². The van der Waals surface area contributed by atoms with Crippen LogP contribution < -0.4 is 4.90 Å². The molecule has 0 radical (unpaired) electrons. The molecule has 1 aromatic heterocycles. The van der Waals surface area contributed by atoms with Gasteiger partial charge < -0.3 is 9.64 Å². The monoisotopic (exact) mass is 342 g/mol. The zero-order valence-corrected chi connectivity index (χ0v) is 14.5. The molecule has 0 unspecified atom stereocenters. The first kappa shape index (κ1) is 17.3. The fourth-order valence-electron chi connectivity index (χ4n) is 3.09. The van der Waals surface area contributed by atoms with Crippen LogP contribution in [0.1, 0.15) is 25.5 Å². The first-order valence-corrected chi connectivity index (χ1v) is 8.54. The second kappa shape index (κ2) is 7.57. The fourth-order valence-corrected chi connectivity index (χ4v) is 3.09. The second-order valence-corrected chi connectivity index (χ2v) is 6.14. The van der Waals surface area contributed by atoms with Crippen LogP contribution in [0.4, 0.5) is 11.5 Å². The zero-order valence-electron chi connectivity index (χ0n) is 14.5. The summed E-state index contributed by atoms with van der Waals surface area (Å²) in [5, 5.41) is 11.0. The van der Waals surface area contributed by atoms with Gasteiger partial charge in [-0.25, -0.2) is 9.97 Å². The molecule has 1 saturated heterocycles. The van der Waals surface area contributed by atoms with E-state index in [4.69, 9.17) is 4.74 Å². The molecule has 132 valence electrons. The van der Waals surface area contributed by atoms with Gasteiger partial charge in [0.05, 0.1) is 11.0 Å². The number of anilines is 1. The lowest BCUT2D eigenvalue weighted by Crippen LogP contribution is -2.37. The van der Waals surface area contributed by atoms with Gasteiger partial charge in [0.1, 0.15) is 5.82 Å². The summed E-state index contributed by atoms with van der Waals surface area (Å²) in [5.41, 5.74) is 1.54. The van der Waals surface area contributed by atoms with Crippen LogP contribution in [0.3, 0.4) is 0 Å². The maximum absolute atomic E-state index is 11.0. The van der Waals surface area contributed by atoms with Gasteiger partial charge in [0.25, 0.3) is 5.69 Å². The van der Waals surface area contributed by atoms with Crippen molar-refractivity contribution in [1.82, 2.24) is 9.97 Å². The summed E-state index contributed by atoms with van der Waals surface area (Å²) >= 11 is 0. The van der Waals surface area contributed by atoms with Crippen LogP contribution in [0.15, 0.2) is 30.3 Å². The Hall–Kier alpha value is -2.54. The smallest absolute Gasteiger partial charge is 0.270 e. The van der Waals surface area contributed by atoms with E-state index in [1.807, 2.05) is 19.9 Å². The summed E-state index contributed by atoms with van der Waals surface area (Å²) < 4.78 is 5.70. The Balaban J connectivity index is 1.84. The van der Waals surface area contributed by atoms with Crippen molar-refractivity contribution in [3.63, 3.8) is 0 Å². The highest BCUT2D eigenvalue weighted by Crippen LogP contribution is 2.25. The quantitative estimate of drug-likeness (QED) is 0.612. The number of benzene rings is 1. The summed E-state index contributed by atoms with van der Waals surface area (Å²) in [6.45, 7) is 6.45. The van der Waals surface area contributed by atoms with Crippen molar-refractivity contribution >= 4 is 11.5 Å². The summed E-state index contributed by atoms with van der Waals surface area (Å²) in [7, 11) is 0. The van der Waals surface area contributed by atoms with Gasteiger partial charge in [-0.2, -0.15) is 0 Å². The Morgan fingerprint density at radius 2 is 2.04 bits per heavy atom. The SMILES string of the molecule is CCOC1CCN(c2cc(C)nc(-c3cccc([N+](=O)[O-])c3)n2)CC1. The van der Waals surface area contributed by atoms with Crippen molar-refractivity contribution in [3.8, 4) is 11.4 Å². The van der Waals surface area contributed by atoms with Gasteiger partial charge in [0.2, 0.25) is 0 Å². The molecule has 25 heavy (non-hydrogen) atoms. The van der Waals surface area contributed by atoms with E-state index < -0.39 is 4.92 Å². The molecular formula is C18H22N4O3. The van der Waals surface area contributed by atoms with Crippen LogP contribution in [-0.4, -0.2) is 40.7 Å². The number of rotatable bonds is 5. The average Bonchev–Trinajstić information content (AvgIpc) is 2.62. The Bertz CT molecular complexity index is 758. The van der Waals surface area contributed by atoms with Gasteiger partial charge in [-0.1, -0.05) is 12.1 Å². The molecule has 2 aromatic rings. The Labute approximate surface area is 146 Å². The third-order valence-corrected chi connectivity index (χ3v) is 4.32. The molecule has 0 saturated carbocycles. The maximum Gasteiger partial charge on any atom is 0.270 e. The number of nitro groups is 1. The average molecular weight is 342 g/mol. The van der Waals surface area contributed by atoms with E-state index in [1.165, 1.54) is 12.1 Å². The number of hydrogen-bond donors (Lipinski definition) is 0. The van der Waals surface area contributed by atoms with E-state index in [2.05, 4.69) is 14.9 Å². The van der Waals surface area contributed by atoms with Crippen molar-refractivity contribution < 1.29 is 9.66 Å². The number of aromatic nitrogens is 2. The van der Waals surface area contributed by atoms with Crippen LogP contribution in [0, 0.1) is 17.0 Å². The molecule has 1 aliphatic heterocycles. The Kier molecular flexibility index (Phi) is 5.23. The highest BCUT2D eigenvalue weighted by molar-refractivity contribution is 5.61. The highest BCUT2D eigenvalue weighted by Gasteiger charge is 2.21. The van der Waals surface area contributed by atoms with Crippen LogP contribution in [-0.2, 0) is 4.74 Å². The lowest BCUT2D eigenvalue weighted by Gasteiger charge is -2.32. The third-order valence-electron chi connectivity index (χ3n) is 4.32. The molecule has 7 nitrogen and oxygen atoms in total. The molecule has 0 amide bonds. The number of non-ortho nitro benzene ring substituents is 1. The first-order chi connectivity index (χ1) is 12.1. The minimum absolute atomic E-state index is 0.0432. The molecule has 1 aromatic carbocycles. The summed E-state index contributed by atoms with van der Waals surface area (Å²) in [6, 6.07) is 8.40. The topological polar surface area (TPSA) is 81.4 Å². The number of piperidine rings is 1. The summed E-state index contributed by atoms with van der Waals surface area (Å²) in [4.78, 5) is 21.9. The first-order valence-electron chi connectivity index (χ1n) is 8.54. The van der Waals surface area contributed by atoms with E-state index >= 15 is 0 Å². The van der Waals surface area contributed by atoms with Gasteiger partial charge in [-0.05, 0) is 26.7 Å². The molecule has 0 N–H and O–H groups in total. The Morgan fingerprint density at radius 3 is 2.72 bits per heavy atom. The largest absolute Gasteiger partial charge is 0.378 e. The second-order valence-electron chi connectivity index (χ2n) is 6.14. The van der Waals surface area contributed by atoms with E-state index in [0.29, 0.717) is 17.5 Å². The predicted octanol–water partition coefficient (Wildman–Crippen LogP) is 3.37. The lowest BCUT2D eigenvalue weighted by molar-refractivity contribution is -0.384. The van der Waals surface area contributed by atoms with Crippen molar-refractivity contribution in [3.05, 3.63) is 46.1 Å². The lowest BCUT2D eigenvalue weighted by atomic mass is 10.1. The van der Waals surface area contributed by atoms with E-state index in [-0.39, 0.29) is 5.69 Å². The number of nitrogens with zero attached hydrogens (tertiary/aromatic N) is 4. The molecule has 0 aliphatic carbocycles. The normalized spacial score (nSPS) is 15.4. The van der Waals surface area contributed by atoms with Crippen molar-refractivity contribution in [2.24, 2.45) is 0 Å². The molecule has 0 atom stereocenters. The highest BCUT2D eigenvalue weighted by atomic mass is 16.6. The molecule has 7 heteroatoms. The van der Waals surface area contributed by atoms with Gasteiger partial charge in [0, 0.05) is 49.2 Å².